The summed E-state index contributed by atoms with van der Waals surface area (Å²) in [6.07, 6.45) is 2.55. The Morgan fingerprint density at radius 2 is 2.24 bits per heavy atom. The second-order valence-electron chi connectivity index (χ2n) is 5.98. The number of nitrogens with one attached hydrogen (secondary N) is 2. The van der Waals surface area contributed by atoms with Crippen LogP contribution in [0.2, 0.25) is 0 Å². The molecule has 4 rings (SSSR count). The number of benzene rings is 1. The minimum atomic E-state index is 0.423. The first-order valence-corrected chi connectivity index (χ1v) is 6.36. The average molecular weight is 227 g/mol. The Balaban J connectivity index is 1.72. The zero-order valence-electron chi connectivity index (χ0n) is 10.2. The van der Waals surface area contributed by atoms with Gasteiger partial charge in [-0.15, -0.1) is 0 Å². The highest BCUT2D eigenvalue weighted by molar-refractivity contribution is 5.75. The van der Waals surface area contributed by atoms with Crippen LogP contribution >= 0.6 is 0 Å². The third-order valence-electron chi connectivity index (χ3n) is 4.41. The van der Waals surface area contributed by atoms with E-state index in [2.05, 4.69) is 42.3 Å². The fraction of sp³-hybridized carbons (Fsp3) is 0.500. The van der Waals surface area contributed by atoms with Gasteiger partial charge in [0.25, 0.3) is 0 Å². The number of H-pyrrole nitrogens is 1. The molecule has 0 bridgehead atoms. The van der Waals surface area contributed by atoms with Gasteiger partial charge in [0.1, 0.15) is 5.82 Å². The van der Waals surface area contributed by atoms with Crippen molar-refractivity contribution in [3.05, 3.63) is 29.6 Å². The number of rotatable bonds is 1. The molecule has 1 saturated carbocycles. The minimum Gasteiger partial charge on any atom is -0.341 e. The second-order valence-corrected chi connectivity index (χ2v) is 5.98. The summed E-state index contributed by atoms with van der Waals surface area (Å²) < 4.78 is 0. The van der Waals surface area contributed by atoms with Crippen molar-refractivity contribution in [1.29, 1.82) is 0 Å². The molecule has 1 aliphatic heterocycles. The summed E-state index contributed by atoms with van der Waals surface area (Å²) in [7, 11) is 0. The highest BCUT2D eigenvalue weighted by Crippen LogP contribution is 2.57. The highest BCUT2D eigenvalue weighted by Gasteiger charge is 2.57. The quantitative estimate of drug-likeness (QED) is 0.786. The van der Waals surface area contributed by atoms with E-state index in [-0.39, 0.29) is 0 Å². The topological polar surface area (TPSA) is 40.7 Å². The van der Waals surface area contributed by atoms with Gasteiger partial charge in [-0.1, -0.05) is 13.0 Å². The van der Waals surface area contributed by atoms with Crippen molar-refractivity contribution in [2.45, 2.75) is 38.8 Å². The largest absolute Gasteiger partial charge is 0.341 e. The van der Waals surface area contributed by atoms with E-state index < -0.39 is 0 Å². The molecular weight excluding hydrogens is 210 g/mol. The maximum atomic E-state index is 4.70. The van der Waals surface area contributed by atoms with Gasteiger partial charge in [0.15, 0.2) is 0 Å². The van der Waals surface area contributed by atoms with E-state index in [1.54, 1.807) is 0 Å². The molecule has 1 aromatic heterocycles. The van der Waals surface area contributed by atoms with Crippen LogP contribution in [0.25, 0.3) is 11.0 Å². The molecule has 0 spiro atoms. The number of aromatic nitrogens is 2. The molecule has 1 aromatic carbocycles. The molecule has 1 aliphatic carbocycles. The SMILES string of the molecule is Cc1ccc2nc([C@@H]3C[C@@]4(C)CC4N3)[nH]c2c1. The predicted molar refractivity (Wildman–Crippen MR) is 67.8 cm³/mol. The van der Waals surface area contributed by atoms with Crippen LogP contribution in [-0.4, -0.2) is 16.0 Å². The third-order valence-corrected chi connectivity index (χ3v) is 4.41. The van der Waals surface area contributed by atoms with Crippen LogP contribution in [0.4, 0.5) is 0 Å². The van der Waals surface area contributed by atoms with Crippen molar-refractivity contribution in [2.75, 3.05) is 0 Å². The first-order valence-electron chi connectivity index (χ1n) is 6.36. The molecule has 3 nitrogen and oxygen atoms in total. The molecule has 2 aliphatic rings. The monoisotopic (exact) mass is 227 g/mol. The lowest BCUT2D eigenvalue weighted by Crippen LogP contribution is -2.18. The summed E-state index contributed by atoms with van der Waals surface area (Å²) in [6.45, 7) is 4.49. The molecule has 17 heavy (non-hydrogen) atoms. The standard InChI is InChI=1S/C14H17N3/c1-8-3-4-9-10(5-8)17-13(16-9)11-6-14(2)7-12(14)15-11/h3-5,11-12,15H,6-7H2,1-2H3,(H,16,17)/t11-,12?,14-/m0/s1. The zero-order chi connectivity index (χ0) is 11.6. The third kappa shape index (κ3) is 1.35. The summed E-state index contributed by atoms with van der Waals surface area (Å²) in [5.41, 5.74) is 4.06. The Bertz CT molecular complexity index is 601. The van der Waals surface area contributed by atoms with E-state index >= 15 is 0 Å². The van der Waals surface area contributed by atoms with Crippen LogP contribution in [0.5, 0.6) is 0 Å². The van der Waals surface area contributed by atoms with Crippen LogP contribution in [-0.2, 0) is 0 Å². The van der Waals surface area contributed by atoms with Crippen LogP contribution in [0, 0.1) is 12.3 Å². The van der Waals surface area contributed by atoms with Gasteiger partial charge in [-0.2, -0.15) is 0 Å². The van der Waals surface area contributed by atoms with Crippen LogP contribution in [0.3, 0.4) is 0 Å². The van der Waals surface area contributed by atoms with E-state index in [0.29, 0.717) is 11.5 Å². The number of aryl methyl sites for hydroxylation is 1. The summed E-state index contributed by atoms with van der Waals surface area (Å²) >= 11 is 0. The molecule has 2 heterocycles. The summed E-state index contributed by atoms with van der Waals surface area (Å²) in [5.74, 6) is 1.11. The normalized spacial score (nSPS) is 35.2. The number of hydrogen-bond acceptors (Lipinski definition) is 2. The molecule has 1 unspecified atom stereocenters. The van der Waals surface area contributed by atoms with Crippen molar-refractivity contribution in [1.82, 2.24) is 15.3 Å². The van der Waals surface area contributed by atoms with Gasteiger partial charge in [0, 0.05) is 6.04 Å². The number of piperidine rings is 1. The lowest BCUT2D eigenvalue weighted by molar-refractivity contribution is 0.489. The van der Waals surface area contributed by atoms with Crippen molar-refractivity contribution in [3.63, 3.8) is 0 Å². The Kier molecular flexibility index (Phi) is 1.65. The molecule has 2 aromatic rings. The highest BCUT2D eigenvalue weighted by atomic mass is 15.1. The Hall–Kier alpha value is -1.35. The van der Waals surface area contributed by atoms with Gasteiger partial charge in [0.2, 0.25) is 0 Å². The number of hydrogen-bond donors (Lipinski definition) is 2. The molecule has 3 heteroatoms. The molecule has 2 fully saturated rings. The smallest absolute Gasteiger partial charge is 0.124 e. The first-order chi connectivity index (χ1) is 8.14. The molecular formula is C14H17N3. The van der Waals surface area contributed by atoms with Crippen LogP contribution in [0.1, 0.15) is 37.2 Å². The maximum Gasteiger partial charge on any atom is 0.124 e. The Morgan fingerprint density at radius 3 is 3.00 bits per heavy atom. The maximum absolute atomic E-state index is 4.70. The zero-order valence-corrected chi connectivity index (χ0v) is 10.2. The fourth-order valence-electron chi connectivity index (χ4n) is 3.15. The lowest BCUT2D eigenvalue weighted by Gasteiger charge is -2.10. The molecule has 88 valence electrons. The lowest BCUT2D eigenvalue weighted by atomic mass is 10.0. The van der Waals surface area contributed by atoms with Crippen molar-refractivity contribution in [3.8, 4) is 0 Å². The van der Waals surface area contributed by atoms with E-state index in [0.717, 1.165) is 22.9 Å². The van der Waals surface area contributed by atoms with Crippen molar-refractivity contribution >= 4 is 11.0 Å². The molecule has 0 radical (unpaired) electrons. The van der Waals surface area contributed by atoms with E-state index in [4.69, 9.17) is 4.98 Å². The van der Waals surface area contributed by atoms with Crippen LogP contribution in [0.15, 0.2) is 18.2 Å². The molecule has 3 atom stereocenters. The van der Waals surface area contributed by atoms with Gasteiger partial charge >= 0.3 is 0 Å². The summed E-state index contributed by atoms with van der Waals surface area (Å²) in [5, 5.41) is 3.67. The van der Waals surface area contributed by atoms with Crippen molar-refractivity contribution in [2.24, 2.45) is 5.41 Å². The van der Waals surface area contributed by atoms with Gasteiger partial charge in [-0.25, -0.2) is 4.98 Å². The molecule has 1 saturated heterocycles. The number of nitrogens with zero attached hydrogens (tertiary/aromatic N) is 1. The fourth-order valence-corrected chi connectivity index (χ4v) is 3.15. The van der Waals surface area contributed by atoms with Gasteiger partial charge in [0.05, 0.1) is 17.1 Å². The Morgan fingerprint density at radius 1 is 1.35 bits per heavy atom. The van der Waals surface area contributed by atoms with Gasteiger partial charge in [-0.05, 0) is 42.9 Å². The number of fused-ring (bicyclic) bond motifs is 2. The predicted octanol–water partition coefficient (Wildman–Crippen LogP) is 2.68. The van der Waals surface area contributed by atoms with Crippen molar-refractivity contribution < 1.29 is 0 Å². The second kappa shape index (κ2) is 2.91. The average Bonchev–Trinajstić information content (AvgIpc) is 2.68. The van der Waals surface area contributed by atoms with Crippen LogP contribution < -0.4 is 5.32 Å². The van der Waals surface area contributed by atoms with E-state index in [9.17, 15) is 0 Å². The summed E-state index contributed by atoms with van der Waals surface area (Å²) in [4.78, 5) is 8.17. The van der Waals surface area contributed by atoms with E-state index in [1.807, 2.05) is 0 Å². The van der Waals surface area contributed by atoms with E-state index in [1.165, 1.54) is 18.4 Å². The minimum absolute atomic E-state index is 0.423. The molecule has 0 amide bonds. The summed E-state index contributed by atoms with van der Waals surface area (Å²) in [6, 6.07) is 7.54. The molecule has 2 N–H and O–H groups in total. The first kappa shape index (κ1) is 9.66. The number of imidazole rings is 1. The number of aromatic amines is 1. The van der Waals surface area contributed by atoms with Gasteiger partial charge in [-0.3, -0.25) is 0 Å². The Labute approximate surface area is 101 Å². The van der Waals surface area contributed by atoms with Gasteiger partial charge < -0.3 is 10.3 Å².